The highest BCUT2D eigenvalue weighted by molar-refractivity contribution is 9.10. The number of hydrogen-bond donors (Lipinski definition) is 2. The molecule has 0 bridgehead atoms. The first kappa shape index (κ1) is 9.48. The van der Waals surface area contributed by atoms with Gasteiger partial charge < -0.3 is 11.1 Å². The van der Waals surface area contributed by atoms with Gasteiger partial charge in [-0.25, -0.2) is 4.98 Å². The minimum Gasteiger partial charge on any atom is -0.396 e. The molecule has 1 heterocycles. The van der Waals surface area contributed by atoms with E-state index in [1.54, 1.807) is 13.0 Å². The highest BCUT2D eigenvalue weighted by atomic mass is 79.9. The van der Waals surface area contributed by atoms with E-state index >= 15 is 0 Å². The standard InChI is InChI=1S/C7H7BrClN3/c1-3(10)4-2-5(8)12-7(9)6(4)11/h2,10H,11H2,1H3. The molecule has 0 spiro atoms. The predicted octanol–water partition coefficient (Wildman–Crippen LogP) is 2.47. The molecule has 1 rings (SSSR count). The number of anilines is 1. The molecule has 0 aliphatic rings. The highest BCUT2D eigenvalue weighted by Crippen LogP contribution is 2.24. The fourth-order valence-corrected chi connectivity index (χ4v) is 1.51. The highest BCUT2D eigenvalue weighted by Gasteiger charge is 2.07. The van der Waals surface area contributed by atoms with E-state index in [4.69, 9.17) is 22.7 Å². The van der Waals surface area contributed by atoms with Crippen molar-refractivity contribution < 1.29 is 0 Å². The molecule has 5 heteroatoms. The zero-order chi connectivity index (χ0) is 9.30. The number of nitrogens with zero attached hydrogens (tertiary/aromatic N) is 1. The third-order valence-electron chi connectivity index (χ3n) is 1.38. The maximum absolute atomic E-state index is 7.38. The van der Waals surface area contributed by atoms with Gasteiger partial charge >= 0.3 is 0 Å². The van der Waals surface area contributed by atoms with Crippen molar-refractivity contribution in [1.82, 2.24) is 4.98 Å². The Morgan fingerprint density at radius 2 is 2.33 bits per heavy atom. The second-order valence-electron chi connectivity index (χ2n) is 2.32. The molecular weight excluding hydrogens is 241 g/mol. The van der Waals surface area contributed by atoms with Gasteiger partial charge in [-0.1, -0.05) is 11.6 Å². The molecule has 0 aromatic carbocycles. The maximum Gasteiger partial charge on any atom is 0.153 e. The lowest BCUT2D eigenvalue weighted by atomic mass is 10.1. The van der Waals surface area contributed by atoms with Gasteiger partial charge in [0.15, 0.2) is 5.15 Å². The van der Waals surface area contributed by atoms with Crippen molar-refractivity contribution in [3.05, 3.63) is 21.4 Å². The van der Waals surface area contributed by atoms with Crippen LogP contribution >= 0.6 is 27.5 Å². The summed E-state index contributed by atoms with van der Waals surface area (Å²) in [6.07, 6.45) is 0. The summed E-state index contributed by atoms with van der Waals surface area (Å²) >= 11 is 8.87. The second kappa shape index (κ2) is 3.41. The Balaban J connectivity index is 3.37. The molecule has 64 valence electrons. The summed E-state index contributed by atoms with van der Waals surface area (Å²) in [6.45, 7) is 1.65. The fraction of sp³-hybridized carbons (Fsp3) is 0.143. The summed E-state index contributed by atoms with van der Waals surface area (Å²) in [6, 6.07) is 1.67. The monoisotopic (exact) mass is 247 g/mol. The first-order chi connectivity index (χ1) is 5.52. The van der Waals surface area contributed by atoms with E-state index in [-0.39, 0.29) is 5.15 Å². The zero-order valence-corrected chi connectivity index (χ0v) is 8.70. The Morgan fingerprint density at radius 3 is 2.83 bits per heavy atom. The summed E-state index contributed by atoms with van der Waals surface area (Å²) in [5, 5.41) is 7.61. The molecule has 0 unspecified atom stereocenters. The Hall–Kier alpha value is -0.610. The number of aromatic nitrogens is 1. The first-order valence-electron chi connectivity index (χ1n) is 3.19. The van der Waals surface area contributed by atoms with Crippen LogP contribution in [0, 0.1) is 5.41 Å². The van der Waals surface area contributed by atoms with Gasteiger partial charge in [0.2, 0.25) is 0 Å². The maximum atomic E-state index is 7.38. The van der Waals surface area contributed by atoms with Crippen LogP contribution in [-0.2, 0) is 0 Å². The minimum absolute atomic E-state index is 0.228. The molecule has 1 aromatic heterocycles. The van der Waals surface area contributed by atoms with Gasteiger partial charge in [0.05, 0.1) is 5.69 Å². The summed E-state index contributed by atoms with van der Waals surface area (Å²) in [5.74, 6) is 0. The third kappa shape index (κ3) is 1.76. The Kier molecular flexibility index (Phi) is 2.69. The van der Waals surface area contributed by atoms with Crippen LogP contribution in [0.2, 0.25) is 5.15 Å². The SMILES string of the molecule is CC(=N)c1cc(Br)nc(Cl)c1N. The average Bonchev–Trinajstić information content (AvgIpc) is 1.96. The molecule has 0 amide bonds. The number of nitrogens with one attached hydrogen (secondary N) is 1. The molecule has 0 aliphatic carbocycles. The molecule has 3 N–H and O–H groups in total. The summed E-state index contributed by atoms with van der Waals surface area (Å²) in [4.78, 5) is 3.88. The van der Waals surface area contributed by atoms with Gasteiger partial charge in [0.1, 0.15) is 4.60 Å². The van der Waals surface area contributed by atoms with Gasteiger partial charge in [-0.15, -0.1) is 0 Å². The van der Waals surface area contributed by atoms with Crippen LogP contribution in [0.3, 0.4) is 0 Å². The van der Waals surface area contributed by atoms with Crippen molar-refractivity contribution in [3.63, 3.8) is 0 Å². The van der Waals surface area contributed by atoms with E-state index in [0.29, 0.717) is 21.6 Å². The van der Waals surface area contributed by atoms with E-state index < -0.39 is 0 Å². The lowest BCUT2D eigenvalue weighted by Gasteiger charge is -2.04. The van der Waals surface area contributed by atoms with Crippen molar-refractivity contribution in [2.24, 2.45) is 0 Å². The Labute approximate surface area is 83.6 Å². The van der Waals surface area contributed by atoms with E-state index in [1.807, 2.05) is 0 Å². The van der Waals surface area contributed by atoms with E-state index in [0.717, 1.165) is 0 Å². The smallest absolute Gasteiger partial charge is 0.153 e. The molecular formula is C7H7BrClN3. The summed E-state index contributed by atoms with van der Waals surface area (Å²) < 4.78 is 0.586. The molecule has 0 aliphatic heterocycles. The summed E-state index contributed by atoms with van der Waals surface area (Å²) in [7, 11) is 0. The number of rotatable bonds is 1. The number of nitrogen functional groups attached to an aromatic ring is 1. The Morgan fingerprint density at radius 1 is 1.75 bits per heavy atom. The van der Waals surface area contributed by atoms with Crippen LogP contribution in [-0.4, -0.2) is 10.7 Å². The van der Waals surface area contributed by atoms with Crippen LogP contribution in [0.25, 0.3) is 0 Å². The van der Waals surface area contributed by atoms with Crippen LogP contribution in [0.15, 0.2) is 10.7 Å². The van der Waals surface area contributed by atoms with Gasteiger partial charge in [-0.2, -0.15) is 0 Å². The van der Waals surface area contributed by atoms with Crippen molar-refractivity contribution in [3.8, 4) is 0 Å². The third-order valence-corrected chi connectivity index (χ3v) is 2.08. The fourth-order valence-electron chi connectivity index (χ4n) is 0.805. The molecule has 12 heavy (non-hydrogen) atoms. The molecule has 0 fully saturated rings. The molecule has 0 saturated heterocycles. The number of halogens is 2. The Bertz CT molecular complexity index is 338. The normalized spacial score (nSPS) is 9.92. The van der Waals surface area contributed by atoms with Crippen molar-refractivity contribution in [2.75, 3.05) is 5.73 Å². The van der Waals surface area contributed by atoms with E-state index in [9.17, 15) is 0 Å². The van der Waals surface area contributed by atoms with Crippen LogP contribution < -0.4 is 5.73 Å². The number of pyridine rings is 1. The quantitative estimate of drug-likeness (QED) is 0.592. The van der Waals surface area contributed by atoms with Crippen molar-refractivity contribution >= 4 is 38.9 Å². The second-order valence-corrected chi connectivity index (χ2v) is 3.49. The van der Waals surface area contributed by atoms with Crippen LogP contribution in [0.4, 0.5) is 5.69 Å². The van der Waals surface area contributed by atoms with Crippen molar-refractivity contribution in [1.29, 1.82) is 5.41 Å². The summed E-state index contributed by atoms with van der Waals surface area (Å²) in [5.41, 5.74) is 6.94. The lowest BCUT2D eigenvalue weighted by molar-refractivity contribution is 1.27. The lowest BCUT2D eigenvalue weighted by Crippen LogP contribution is -2.01. The molecule has 0 radical (unpaired) electrons. The predicted molar refractivity (Wildman–Crippen MR) is 53.9 cm³/mol. The molecule has 0 saturated carbocycles. The average molecular weight is 249 g/mol. The van der Waals surface area contributed by atoms with Gasteiger partial charge in [-0.05, 0) is 28.9 Å². The molecule has 1 aromatic rings. The van der Waals surface area contributed by atoms with Crippen LogP contribution in [0.5, 0.6) is 0 Å². The van der Waals surface area contributed by atoms with Crippen molar-refractivity contribution in [2.45, 2.75) is 6.92 Å². The van der Waals surface area contributed by atoms with Gasteiger partial charge in [0, 0.05) is 11.3 Å². The van der Waals surface area contributed by atoms with E-state index in [1.165, 1.54) is 0 Å². The van der Waals surface area contributed by atoms with Gasteiger partial charge in [0.25, 0.3) is 0 Å². The van der Waals surface area contributed by atoms with Crippen LogP contribution in [0.1, 0.15) is 12.5 Å². The first-order valence-corrected chi connectivity index (χ1v) is 4.36. The largest absolute Gasteiger partial charge is 0.396 e. The van der Waals surface area contributed by atoms with Gasteiger partial charge in [-0.3, -0.25) is 0 Å². The zero-order valence-electron chi connectivity index (χ0n) is 6.36. The number of nitrogens with two attached hydrogens (primary N) is 1. The van der Waals surface area contributed by atoms with E-state index in [2.05, 4.69) is 20.9 Å². The molecule has 0 atom stereocenters. The minimum atomic E-state index is 0.228. The topological polar surface area (TPSA) is 62.8 Å². The molecule has 3 nitrogen and oxygen atoms in total. The number of hydrogen-bond acceptors (Lipinski definition) is 3.